The molecule has 1 unspecified atom stereocenters. The highest BCUT2D eigenvalue weighted by Gasteiger charge is 2.65. The highest BCUT2D eigenvalue weighted by atomic mass is 31.2. The van der Waals surface area contributed by atoms with Gasteiger partial charge in [-0.05, 0) is 130 Å². The molecule has 4 fully saturated rings. The number of rotatable bonds is 29. The molecule has 0 aromatic heterocycles. The van der Waals surface area contributed by atoms with E-state index in [-0.39, 0.29) is 73.1 Å². The van der Waals surface area contributed by atoms with Crippen LogP contribution in [0, 0.1) is 46.3 Å². The average molecular weight is 913 g/mol. The maximum atomic E-state index is 13.4. The summed E-state index contributed by atoms with van der Waals surface area (Å²) in [5.41, 5.74) is -0.398. The summed E-state index contributed by atoms with van der Waals surface area (Å²) in [5, 5.41) is 34.1. The van der Waals surface area contributed by atoms with E-state index < -0.39 is 50.1 Å². The van der Waals surface area contributed by atoms with Gasteiger partial charge in [-0.25, -0.2) is 4.57 Å². The smallest absolute Gasteiger partial charge is 0.462 e. The Bertz CT molecular complexity index is 1460. The number of nitrogens with zero attached hydrogens (tertiary/aromatic N) is 1. The molecule has 13 heteroatoms. The van der Waals surface area contributed by atoms with Gasteiger partial charge in [0.05, 0.1) is 46.1 Å². The van der Waals surface area contributed by atoms with E-state index in [0.717, 1.165) is 70.6 Å². The minimum absolute atomic E-state index is 0.000984. The van der Waals surface area contributed by atoms with Crippen molar-refractivity contribution < 1.29 is 57.4 Å². The summed E-state index contributed by atoms with van der Waals surface area (Å²) < 4.78 is 35.0. The van der Waals surface area contributed by atoms with Gasteiger partial charge in [0.25, 0.3) is 0 Å². The number of quaternary nitrogens is 1. The molecule has 12 nitrogen and oxygen atoms in total. The summed E-state index contributed by atoms with van der Waals surface area (Å²) >= 11 is 0. The topological polar surface area (TPSA) is 169 Å². The summed E-state index contributed by atoms with van der Waals surface area (Å²) in [7, 11) is 1.34. The summed E-state index contributed by atoms with van der Waals surface area (Å²) in [6.45, 7) is 8.60. The lowest BCUT2D eigenvalue weighted by atomic mass is 9.43. The number of aliphatic hydroxyl groups is 3. The minimum atomic E-state index is -4.47. The van der Waals surface area contributed by atoms with Crippen LogP contribution < -0.4 is 0 Å². The molecule has 63 heavy (non-hydrogen) atoms. The molecule has 13 atom stereocenters. The Morgan fingerprint density at radius 3 is 2.11 bits per heavy atom. The van der Waals surface area contributed by atoms with E-state index in [1.54, 1.807) is 0 Å². The molecule has 4 rings (SSSR count). The van der Waals surface area contributed by atoms with Crippen LogP contribution in [-0.2, 0) is 32.7 Å². The number of carbonyl (C=O) groups is 2. The van der Waals surface area contributed by atoms with Gasteiger partial charge >= 0.3 is 19.8 Å². The fourth-order valence-corrected chi connectivity index (χ4v) is 13.0. The predicted octanol–water partition coefficient (Wildman–Crippen LogP) is 9.70. The highest BCUT2D eigenvalue weighted by Crippen LogP contribution is 2.68. The molecule has 0 amide bonds. The molecule has 4 N–H and O–H groups in total. The van der Waals surface area contributed by atoms with Crippen molar-refractivity contribution in [3.63, 3.8) is 0 Å². The molecule has 0 bridgehead atoms. The van der Waals surface area contributed by atoms with Crippen LogP contribution in [0.25, 0.3) is 0 Å². The maximum Gasteiger partial charge on any atom is 0.472 e. The van der Waals surface area contributed by atoms with Gasteiger partial charge in [-0.15, -0.1) is 0 Å². The maximum absolute atomic E-state index is 13.4. The Balaban J connectivity index is 1.23. The van der Waals surface area contributed by atoms with Gasteiger partial charge in [-0.2, -0.15) is 0 Å². The van der Waals surface area contributed by atoms with E-state index in [2.05, 4.69) is 39.8 Å². The first-order chi connectivity index (χ1) is 29.8. The lowest BCUT2D eigenvalue weighted by Crippen LogP contribution is -2.62. The number of hydrogen-bond donors (Lipinski definition) is 4. The number of fused-ring (bicyclic) bond motifs is 5. The third kappa shape index (κ3) is 16.4. The van der Waals surface area contributed by atoms with Crippen LogP contribution >= 0.6 is 7.82 Å². The van der Waals surface area contributed by atoms with Gasteiger partial charge in [-0.1, -0.05) is 91.2 Å². The molecule has 4 aliphatic carbocycles. The fraction of sp³-hybridized carbons (Fsp3) is 0.920. The van der Waals surface area contributed by atoms with Crippen molar-refractivity contribution in [3.05, 3.63) is 12.2 Å². The number of allylic oxidation sites excluding steroid dienone is 2. The Morgan fingerprint density at radius 2 is 1.44 bits per heavy atom. The molecule has 0 radical (unpaired) electrons. The second-order valence-electron chi connectivity index (χ2n) is 21.8. The molecule has 4 aliphatic rings. The van der Waals surface area contributed by atoms with Crippen molar-refractivity contribution in [2.24, 2.45) is 46.3 Å². The third-order valence-electron chi connectivity index (χ3n) is 16.1. The first-order valence-corrected chi connectivity index (χ1v) is 26.8. The van der Waals surface area contributed by atoms with E-state index in [1.165, 1.54) is 38.5 Å². The molecule has 366 valence electrons. The second-order valence-corrected chi connectivity index (χ2v) is 23.2. The Hall–Kier alpha value is -1.37. The van der Waals surface area contributed by atoms with Crippen molar-refractivity contribution >= 4 is 19.8 Å². The molecular formula is C50H91NO11P+. The zero-order valence-corrected chi connectivity index (χ0v) is 41.5. The lowest BCUT2D eigenvalue weighted by molar-refractivity contribution is -0.870. The average Bonchev–Trinajstić information content (AvgIpc) is 3.58. The number of phosphoric ester groups is 1. The molecule has 0 spiro atoms. The van der Waals surface area contributed by atoms with Crippen molar-refractivity contribution in [2.45, 2.75) is 200 Å². The van der Waals surface area contributed by atoms with Gasteiger partial charge in [0.15, 0.2) is 6.10 Å². The van der Waals surface area contributed by atoms with E-state index in [4.69, 9.17) is 18.5 Å². The van der Waals surface area contributed by atoms with Gasteiger partial charge in [0.2, 0.25) is 0 Å². The molecule has 0 heterocycles. The van der Waals surface area contributed by atoms with Crippen LogP contribution in [0.15, 0.2) is 12.2 Å². The van der Waals surface area contributed by atoms with Crippen LogP contribution in [0.1, 0.15) is 175 Å². The second kappa shape index (κ2) is 25.7. The number of esters is 2. The van der Waals surface area contributed by atoms with Gasteiger partial charge in [0, 0.05) is 12.8 Å². The Morgan fingerprint density at radius 1 is 0.794 bits per heavy atom. The molecular weight excluding hydrogens is 822 g/mol. The normalized spacial score (nSPS) is 32.6. The largest absolute Gasteiger partial charge is 0.472 e. The SMILES string of the molecule is CCCCCCCC/C=C\CCCCCCCC(=O)OC[C@H](COP(=O)(O)OCC[N+](C)(C)C)OC(=O)CC[C@@H](C)[C@H]1CC[C@H]2[C@@H]3[C@H](O)C[C@@H]4C[C@H](O)CC[C@]4(C)[C@H]3C[C@H](O)[C@]12C. The highest BCUT2D eigenvalue weighted by molar-refractivity contribution is 7.47. The monoisotopic (exact) mass is 913 g/mol. The van der Waals surface area contributed by atoms with E-state index in [0.29, 0.717) is 36.7 Å². The number of unbranched alkanes of at least 4 members (excludes halogenated alkanes) is 11. The van der Waals surface area contributed by atoms with Crippen LogP contribution in [0.5, 0.6) is 0 Å². The number of likely N-dealkylation sites (N-methyl/N-ethyl adjacent to an activating group) is 1. The number of phosphoric acid groups is 1. The summed E-state index contributed by atoms with van der Waals surface area (Å²) in [4.78, 5) is 36.6. The minimum Gasteiger partial charge on any atom is -0.462 e. The van der Waals surface area contributed by atoms with E-state index in [1.807, 2.05) is 21.1 Å². The predicted molar refractivity (Wildman–Crippen MR) is 247 cm³/mol. The quantitative estimate of drug-likeness (QED) is 0.0185. The van der Waals surface area contributed by atoms with Crippen molar-refractivity contribution in [2.75, 3.05) is 47.5 Å². The first-order valence-electron chi connectivity index (χ1n) is 25.3. The summed E-state index contributed by atoms with van der Waals surface area (Å²) in [5.74, 6) is 0.0475. The number of ether oxygens (including phenoxy) is 2. The Kier molecular flexibility index (Phi) is 22.1. The fourth-order valence-electron chi connectivity index (χ4n) is 12.3. The van der Waals surface area contributed by atoms with Gasteiger partial charge in [-0.3, -0.25) is 18.6 Å². The van der Waals surface area contributed by atoms with Crippen molar-refractivity contribution in [3.8, 4) is 0 Å². The van der Waals surface area contributed by atoms with Gasteiger partial charge in [0.1, 0.15) is 19.8 Å². The zero-order chi connectivity index (χ0) is 46.3. The zero-order valence-electron chi connectivity index (χ0n) is 40.6. The van der Waals surface area contributed by atoms with Gasteiger partial charge < -0.3 is 34.2 Å². The molecule has 0 aromatic carbocycles. The van der Waals surface area contributed by atoms with Crippen LogP contribution in [0.3, 0.4) is 0 Å². The van der Waals surface area contributed by atoms with Crippen LogP contribution in [-0.4, -0.2) is 109 Å². The summed E-state index contributed by atoms with van der Waals surface area (Å²) in [6.07, 6.45) is 23.7. The summed E-state index contributed by atoms with van der Waals surface area (Å²) in [6, 6.07) is 0. The molecule has 0 saturated heterocycles. The third-order valence-corrected chi connectivity index (χ3v) is 17.1. The standard InChI is InChI=1S/C50H90NO11P/c1-8-9-10-11-12-13-14-15-16-17-18-19-20-21-22-23-46(55)59-35-40(36-61-63(57,58)60-31-30-51(5,6)7)62-47(56)27-24-37(2)41-25-26-42-48-43(34-45(54)50(41,42)4)49(3)29-28-39(52)32-38(49)33-44(48)53/h15-16,37-45,48,52-54H,8-14,17-36H2,1-7H3/p+1/b16-15-/t37-,38+,39-,40-,41-,42+,43+,44-,45+,48+,49+,50-/m1/s1. The number of hydrogen-bond acceptors (Lipinski definition) is 10. The van der Waals surface area contributed by atoms with Crippen molar-refractivity contribution in [1.29, 1.82) is 0 Å². The lowest BCUT2D eigenvalue weighted by Gasteiger charge is -2.63. The van der Waals surface area contributed by atoms with E-state index >= 15 is 0 Å². The first kappa shape index (κ1) is 54.2. The molecule has 0 aromatic rings. The number of aliphatic hydroxyl groups excluding tert-OH is 3. The number of carbonyl (C=O) groups excluding carboxylic acids is 2. The van der Waals surface area contributed by atoms with Crippen LogP contribution in [0.2, 0.25) is 0 Å². The molecule has 4 saturated carbocycles. The van der Waals surface area contributed by atoms with E-state index in [9.17, 15) is 34.4 Å². The van der Waals surface area contributed by atoms with Crippen LogP contribution in [0.4, 0.5) is 0 Å². The molecule has 0 aliphatic heterocycles. The van der Waals surface area contributed by atoms with Crippen molar-refractivity contribution in [1.82, 2.24) is 0 Å². The Labute approximate surface area is 381 Å².